The maximum atomic E-state index is 12.1. The lowest BCUT2D eigenvalue weighted by Gasteiger charge is -2.19. The Kier molecular flexibility index (Phi) is 3.15. The Morgan fingerprint density at radius 2 is 1.86 bits per heavy atom. The van der Waals surface area contributed by atoms with Crippen LogP contribution in [0.5, 0.6) is 0 Å². The summed E-state index contributed by atoms with van der Waals surface area (Å²) in [5.41, 5.74) is 4.40. The molecule has 0 aliphatic heterocycles. The number of hydrogen-bond acceptors (Lipinski definition) is 3. The second kappa shape index (κ2) is 5.30. The van der Waals surface area contributed by atoms with E-state index in [1.165, 1.54) is 24.0 Å². The summed E-state index contributed by atoms with van der Waals surface area (Å²) in [4.78, 5) is 19.5. The fourth-order valence-electron chi connectivity index (χ4n) is 3.17. The first-order valence-electron chi connectivity index (χ1n) is 7.68. The number of nitrogens with zero attached hydrogens (tertiary/aromatic N) is 1. The minimum absolute atomic E-state index is 0.113. The van der Waals surface area contributed by atoms with Crippen LogP contribution in [0, 0.1) is 0 Å². The summed E-state index contributed by atoms with van der Waals surface area (Å²) in [5, 5.41) is 3.91. The molecule has 0 radical (unpaired) electrons. The smallest absolute Gasteiger partial charge is 0.260 e. The van der Waals surface area contributed by atoms with Gasteiger partial charge in [-0.3, -0.25) is 9.78 Å². The van der Waals surface area contributed by atoms with Crippen molar-refractivity contribution < 1.29 is 0 Å². The zero-order valence-corrected chi connectivity index (χ0v) is 12.2. The number of nitrogens with one attached hydrogen (secondary N) is 2. The third kappa shape index (κ3) is 2.26. The van der Waals surface area contributed by atoms with Crippen LogP contribution in [-0.4, -0.2) is 9.97 Å². The van der Waals surface area contributed by atoms with Gasteiger partial charge >= 0.3 is 0 Å². The Hall–Kier alpha value is -2.62. The minimum Gasteiger partial charge on any atom is -0.325 e. The lowest BCUT2D eigenvalue weighted by atomic mass is 9.90. The predicted molar refractivity (Wildman–Crippen MR) is 88.7 cm³/mol. The Morgan fingerprint density at radius 3 is 2.82 bits per heavy atom. The normalized spacial score (nSPS) is 13.8. The Balaban J connectivity index is 1.77. The van der Waals surface area contributed by atoms with E-state index in [1.54, 1.807) is 6.07 Å². The van der Waals surface area contributed by atoms with Crippen LogP contribution in [0.3, 0.4) is 0 Å². The first kappa shape index (κ1) is 13.1. The van der Waals surface area contributed by atoms with E-state index in [2.05, 4.69) is 33.5 Å². The third-order valence-electron chi connectivity index (χ3n) is 4.26. The number of fused-ring (bicyclic) bond motifs is 2. The molecule has 1 heterocycles. The van der Waals surface area contributed by atoms with Gasteiger partial charge in [-0.05, 0) is 55.0 Å². The molecule has 0 bridgehead atoms. The molecule has 1 aliphatic rings. The Bertz CT molecular complexity index is 898. The molecule has 22 heavy (non-hydrogen) atoms. The second-order valence-electron chi connectivity index (χ2n) is 5.71. The predicted octanol–water partition coefficient (Wildman–Crippen LogP) is 3.55. The van der Waals surface area contributed by atoms with Gasteiger partial charge in [-0.15, -0.1) is 0 Å². The van der Waals surface area contributed by atoms with E-state index in [0.717, 1.165) is 18.5 Å². The molecule has 0 unspecified atom stereocenters. The molecule has 2 N–H and O–H groups in total. The second-order valence-corrected chi connectivity index (χ2v) is 5.71. The molecule has 0 spiro atoms. The highest BCUT2D eigenvalue weighted by Crippen LogP contribution is 2.29. The molecule has 4 heteroatoms. The van der Waals surface area contributed by atoms with Crippen LogP contribution < -0.4 is 10.9 Å². The lowest BCUT2D eigenvalue weighted by molar-refractivity contribution is 0.687. The van der Waals surface area contributed by atoms with Crippen molar-refractivity contribution in [2.75, 3.05) is 5.32 Å². The molecular weight excluding hydrogens is 274 g/mol. The standard InChI is InChI=1S/C18H17N3O/c22-17-14-9-3-4-10-16(14)20-18(21-17)19-15-11-5-7-12-6-1-2-8-13(12)15/h3-5,7,9-11H,1-2,6,8H2,(H2,19,20,21,22). The quantitative estimate of drug-likeness (QED) is 0.759. The van der Waals surface area contributed by atoms with Gasteiger partial charge in [-0.2, -0.15) is 0 Å². The molecule has 110 valence electrons. The minimum atomic E-state index is -0.113. The van der Waals surface area contributed by atoms with Crippen molar-refractivity contribution in [3.63, 3.8) is 0 Å². The maximum Gasteiger partial charge on any atom is 0.260 e. The van der Waals surface area contributed by atoms with E-state index in [4.69, 9.17) is 0 Å². The summed E-state index contributed by atoms with van der Waals surface area (Å²) in [7, 11) is 0. The monoisotopic (exact) mass is 291 g/mol. The van der Waals surface area contributed by atoms with Crippen LogP contribution in [0.25, 0.3) is 10.9 Å². The summed E-state index contributed by atoms with van der Waals surface area (Å²) < 4.78 is 0. The van der Waals surface area contributed by atoms with E-state index in [1.807, 2.05) is 18.2 Å². The number of hydrogen-bond donors (Lipinski definition) is 2. The van der Waals surface area contributed by atoms with Crippen molar-refractivity contribution in [1.82, 2.24) is 9.97 Å². The van der Waals surface area contributed by atoms with E-state index >= 15 is 0 Å². The molecule has 0 fully saturated rings. The molecule has 0 atom stereocenters. The highest BCUT2D eigenvalue weighted by atomic mass is 16.1. The topological polar surface area (TPSA) is 57.8 Å². The van der Waals surface area contributed by atoms with Gasteiger partial charge in [0.2, 0.25) is 5.95 Å². The van der Waals surface area contributed by atoms with Crippen LogP contribution in [0.4, 0.5) is 11.6 Å². The number of aromatic amines is 1. The summed E-state index contributed by atoms with van der Waals surface area (Å²) in [5.74, 6) is 0.502. The van der Waals surface area contributed by atoms with Gasteiger partial charge in [-0.25, -0.2) is 4.98 Å². The van der Waals surface area contributed by atoms with Crippen LogP contribution in [-0.2, 0) is 12.8 Å². The molecule has 0 saturated heterocycles. The molecule has 1 aromatic heterocycles. The highest BCUT2D eigenvalue weighted by Gasteiger charge is 2.13. The number of H-pyrrole nitrogens is 1. The molecule has 1 aliphatic carbocycles. The van der Waals surface area contributed by atoms with E-state index in [-0.39, 0.29) is 5.56 Å². The molecule has 4 rings (SSSR count). The fourth-order valence-corrected chi connectivity index (χ4v) is 3.17. The molecule has 4 nitrogen and oxygen atoms in total. The van der Waals surface area contributed by atoms with Gasteiger partial charge < -0.3 is 5.32 Å². The maximum absolute atomic E-state index is 12.1. The number of benzene rings is 2. The van der Waals surface area contributed by atoms with E-state index in [0.29, 0.717) is 16.9 Å². The molecule has 0 amide bonds. The van der Waals surface area contributed by atoms with Crippen LogP contribution >= 0.6 is 0 Å². The van der Waals surface area contributed by atoms with Crippen molar-refractivity contribution >= 4 is 22.5 Å². The van der Waals surface area contributed by atoms with Crippen LogP contribution in [0.2, 0.25) is 0 Å². The van der Waals surface area contributed by atoms with Crippen LogP contribution in [0.15, 0.2) is 47.3 Å². The van der Waals surface area contributed by atoms with Crippen molar-refractivity contribution in [3.05, 3.63) is 63.9 Å². The van der Waals surface area contributed by atoms with E-state index in [9.17, 15) is 4.79 Å². The largest absolute Gasteiger partial charge is 0.325 e. The Morgan fingerprint density at radius 1 is 1.00 bits per heavy atom. The number of rotatable bonds is 2. The number of anilines is 2. The number of para-hydroxylation sites is 1. The van der Waals surface area contributed by atoms with Crippen molar-refractivity contribution in [2.24, 2.45) is 0 Å². The van der Waals surface area contributed by atoms with Crippen molar-refractivity contribution in [3.8, 4) is 0 Å². The third-order valence-corrected chi connectivity index (χ3v) is 4.26. The van der Waals surface area contributed by atoms with Gasteiger partial charge in [0.05, 0.1) is 10.9 Å². The summed E-state index contributed by atoms with van der Waals surface area (Å²) in [6.45, 7) is 0. The van der Waals surface area contributed by atoms with Gasteiger partial charge in [-0.1, -0.05) is 24.3 Å². The number of aryl methyl sites for hydroxylation is 1. The zero-order valence-electron chi connectivity index (χ0n) is 12.2. The zero-order chi connectivity index (χ0) is 14.9. The molecular formula is C18H17N3O. The summed E-state index contributed by atoms with van der Waals surface area (Å²) >= 11 is 0. The molecule has 2 aromatic carbocycles. The van der Waals surface area contributed by atoms with Gasteiger partial charge in [0.1, 0.15) is 0 Å². The summed E-state index contributed by atoms with van der Waals surface area (Å²) in [6, 6.07) is 13.7. The molecule has 0 saturated carbocycles. The SMILES string of the molecule is O=c1[nH]c(Nc2cccc3c2CCCC3)nc2ccccc12. The average Bonchev–Trinajstić information content (AvgIpc) is 2.55. The van der Waals surface area contributed by atoms with Gasteiger partial charge in [0.15, 0.2) is 0 Å². The number of aromatic nitrogens is 2. The van der Waals surface area contributed by atoms with E-state index < -0.39 is 0 Å². The van der Waals surface area contributed by atoms with Crippen LogP contribution in [0.1, 0.15) is 24.0 Å². The Labute approximate surface area is 128 Å². The lowest BCUT2D eigenvalue weighted by Crippen LogP contribution is -2.12. The van der Waals surface area contributed by atoms with Crippen molar-refractivity contribution in [1.29, 1.82) is 0 Å². The highest BCUT2D eigenvalue weighted by molar-refractivity contribution is 5.79. The van der Waals surface area contributed by atoms with Gasteiger partial charge in [0.25, 0.3) is 5.56 Å². The van der Waals surface area contributed by atoms with Gasteiger partial charge in [0, 0.05) is 5.69 Å². The first-order chi connectivity index (χ1) is 10.8. The molecule has 3 aromatic rings. The fraction of sp³-hybridized carbons (Fsp3) is 0.222. The van der Waals surface area contributed by atoms with Crippen molar-refractivity contribution in [2.45, 2.75) is 25.7 Å². The average molecular weight is 291 g/mol. The first-order valence-corrected chi connectivity index (χ1v) is 7.68. The summed E-state index contributed by atoms with van der Waals surface area (Å²) in [6.07, 6.45) is 4.68.